The molecule has 1 amide bonds. The highest BCUT2D eigenvalue weighted by molar-refractivity contribution is 7.92. The fourth-order valence-corrected chi connectivity index (χ4v) is 5.92. The van der Waals surface area contributed by atoms with Gasteiger partial charge in [-0.1, -0.05) is 26.8 Å². The molecule has 5 nitrogen and oxygen atoms in total. The number of amides is 1. The van der Waals surface area contributed by atoms with Crippen molar-refractivity contribution >= 4 is 33.0 Å². The highest BCUT2D eigenvalue weighted by Gasteiger charge is 2.33. The van der Waals surface area contributed by atoms with Crippen molar-refractivity contribution in [3.63, 3.8) is 0 Å². The lowest BCUT2D eigenvalue weighted by molar-refractivity contribution is 0.0903. The summed E-state index contributed by atoms with van der Waals surface area (Å²) in [7, 11) is -3.33. The summed E-state index contributed by atoms with van der Waals surface area (Å²) in [5.74, 6) is -0.142. The zero-order chi connectivity index (χ0) is 20.0. The molecule has 0 saturated carbocycles. The largest absolute Gasteiger partial charge is 0.344 e. The number of rotatable bonds is 4. The molecular formula is C20H26N2O3S2. The number of carbonyl (C=O) groups is 1. The lowest BCUT2D eigenvalue weighted by atomic mass is 9.85. The Morgan fingerprint density at radius 3 is 2.56 bits per heavy atom. The van der Waals surface area contributed by atoms with E-state index in [1.165, 1.54) is 10.6 Å². The van der Waals surface area contributed by atoms with Gasteiger partial charge >= 0.3 is 0 Å². The molecule has 0 aliphatic carbocycles. The van der Waals surface area contributed by atoms with E-state index in [1.54, 1.807) is 23.5 Å². The number of sulfonamides is 1. The first-order valence-corrected chi connectivity index (χ1v) is 11.7. The number of anilines is 1. The number of hydrogen-bond donors (Lipinski definition) is 1. The van der Waals surface area contributed by atoms with E-state index in [4.69, 9.17) is 0 Å². The molecule has 2 aromatic rings. The minimum atomic E-state index is -3.33. The standard InChI is InChI=1S/C20H26N2O3S2/c1-13-11-15-12-14(8-9-16(15)22(13)27(5,24)25)19(23)21-18(20(2,3)4)17-7-6-10-26-17/h6-10,12-13,18H,11H2,1-5H3,(H,21,23)/t13-,18+/m0/s1. The molecule has 0 spiro atoms. The highest BCUT2D eigenvalue weighted by atomic mass is 32.2. The van der Waals surface area contributed by atoms with E-state index in [1.807, 2.05) is 30.5 Å². The van der Waals surface area contributed by atoms with Gasteiger partial charge in [0.15, 0.2) is 0 Å². The van der Waals surface area contributed by atoms with Crippen molar-refractivity contribution in [3.8, 4) is 0 Å². The predicted molar refractivity (Wildman–Crippen MR) is 111 cm³/mol. The van der Waals surface area contributed by atoms with Crippen LogP contribution in [0.4, 0.5) is 5.69 Å². The fourth-order valence-electron chi connectivity index (χ4n) is 3.63. The van der Waals surface area contributed by atoms with Crippen molar-refractivity contribution < 1.29 is 13.2 Å². The Labute approximate surface area is 165 Å². The van der Waals surface area contributed by atoms with Gasteiger partial charge in [-0.25, -0.2) is 8.42 Å². The Hall–Kier alpha value is -1.86. The van der Waals surface area contributed by atoms with Crippen molar-refractivity contribution in [1.29, 1.82) is 0 Å². The summed E-state index contributed by atoms with van der Waals surface area (Å²) < 4.78 is 25.6. The van der Waals surface area contributed by atoms with Crippen LogP contribution >= 0.6 is 11.3 Å². The number of hydrogen-bond acceptors (Lipinski definition) is 4. The molecular weight excluding hydrogens is 380 g/mol. The van der Waals surface area contributed by atoms with E-state index in [9.17, 15) is 13.2 Å². The molecule has 0 unspecified atom stereocenters. The third-order valence-corrected chi connectivity index (χ3v) is 7.03. The van der Waals surface area contributed by atoms with E-state index in [0.29, 0.717) is 17.7 Å². The monoisotopic (exact) mass is 406 g/mol. The van der Waals surface area contributed by atoms with Gasteiger partial charge in [0.25, 0.3) is 5.91 Å². The smallest absolute Gasteiger partial charge is 0.251 e. The summed E-state index contributed by atoms with van der Waals surface area (Å²) in [5, 5.41) is 5.17. The molecule has 27 heavy (non-hydrogen) atoms. The quantitative estimate of drug-likeness (QED) is 0.835. The Kier molecular flexibility index (Phi) is 5.12. The molecule has 0 saturated heterocycles. The van der Waals surface area contributed by atoms with Crippen LogP contribution in [0, 0.1) is 5.41 Å². The first-order chi connectivity index (χ1) is 12.5. The molecule has 7 heteroatoms. The molecule has 0 fully saturated rings. The number of carbonyl (C=O) groups excluding carboxylic acids is 1. The normalized spacial score (nSPS) is 18.3. The summed E-state index contributed by atoms with van der Waals surface area (Å²) in [6.45, 7) is 8.19. The third-order valence-electron chi connectivity index (χ3n) is 4.82. The predicted octanol–water partition coefficient (Wildman–Crippen LogP) is 3.98. The van der Waals surface area contributed by atoms with Crippen molar-refractivity contribution in [2.45, 2.75) is 46.2 Å². The number of thiophene rings is 1. The van der Waals surface area contributed by atoms with Crippen molar-refractivity contribution in [2.24, 2.45) is 5.41 Å². The average Bonchev–Trinajstić information content (AvgIpc) is 3.15. The van der Waals surface area contributed by atoms with E-state index in [0.717, 1.165) is 10.4 Å². The van der Waals surface area contributed by atoms with E-state index in [-0.39, 0.29) is 23.4 Å². The number of fused-ring (bicyclic) bond motifs is 1. The average molecular weight is 407 g/mol. The van der Waals surface area contributed by atoms with Crippen LogP contribution in [0.1, 0.15) is 54.5 Å². The summed E-state index contributed by atoms with van der Waals surface area (Å²) in [6.07, 6.45) is 1.82. The maximum absolute atomic E-state index is 12.9. The number of nitrogens with one attached hydrogen (secondary N) is 1. The molecule has 1 aliphatic heterocycles. The number of nitrogens with zero attached hydrogens (tertiary/aromatic N) is 1. The van der Waals surface area contributed by atoms with Crippen molar-refractivity contribution in [3.05, 3.63) is 51.7 Å². The first-order valence-electron chi connectivity index (χ1n) is 8.95. The van der Waals surface area contributed by atoms with Crippen LogP contribution in [0.25, 0.3) is 0 Å². The van der Waals surface area contributed by atoms with Crippen LogP contribution in [0.15, 0.2) is 35.7 Å². The van der Waals surface area contributed by atoms with Gasteiger partial charge in [-0.2, -0.15) is 0 Å². The molecule has 1 N–H and O–H groups in total. The molecule has 3 rings (SSSR count). The van der Waals surface area contributed by atoms with E-state index >= 15 is 0 Å². The lowest BCUT2D eigenvalue weighted by Gasteiger charge is -2.31. The summed E-state index contributed by atoms with van der Waals surface area (Å²) in [5.41, 5.74) is 2.00. The fraction of sp³-hybridized carbons (Fsp3) is 0.450. The first kappa shape index (κ1) is 19.9. The molecule has 1 aromatic carbocycles. The SMILES string of the molecule is C[C@H]1Cc2cc(C(=O)N[C@H](c3cccs3)C(C)(C)C)ccc2N1S(C)(=O)=O. The molecule has 1 aliphatic rings. The summed E-state index contributed by atoms with van der Waals surface area (Å²) in [6, 6.07) is 9.06. The van der Waals surface area contributed by atoms with Crippen molar-refractivity contribution in [1.82, 2.24) is 5.32 Å². The van der Waals surface area contributed by atoms with Gasteiger partial charge in [-0.15, -0.1) is 11.3 Å². The topological polar surface area (TPSA) is 66.5 Å². The van der Waals surface area contributed by atoms with Gasteiger partial charge in [0.2, 0.25) is 10.0 Å². The van der Waals surface area contributed by atoms with Gasteiger partial charge in [0.05, 0.1) is 18.0 Å². The maximum Gasteiger partial charge on any atom is 0.251 e. The van der Waals surface area contributed by atoms with E-state index in [2.05, 4.69) is 26.1 Å². The zero-order valence-electron chi connectivity index (χ0n) is 16.3. The zero-order valence-corrected chi connectivity index (χ0v) is 17.9. The lowest BCUT2D eigenvalue weighted by Crippen LogP contribution is -2.36. The second-order valence-corrected chi connectivity index (χ2v) is 11.1. The number of benzene rings is 1. The second kappa shape index (κ2) is 6.95. The Morgan fingerprint density at radius 1 is 1.30 bits per heavy atom. The molecule has 2 heterocycles. The minimum absolute atomic E-state index is 0.0929. The minimum Gasteiger partial charge on any atom is -0.344 e. The van der Waals surface area contributed by atoms with Gasteiger partial charge in [0.1, 0.15) is 0 Å². The van der Waals surface area contributed by atoms with Crippen LogP contribution in [0.3, 0.4) is 0 Å². The second-order valence-electron chi connectivity index (χ2n) is 8.24. The highest BCUT2D eigenvalue weighted by Crippen LogP contribution is 2.37. The molecule has 146 valence electrons. The van der Waals surface area contributed by atoms with Gasteiger partial charge in [-0.3, -0.25) is 9.10 Å². The molecule has 1 aromatic heterocycles. The van der Waals surface area contributed by atoms with E-state index < -0.39 is 10.0 Å². The van der Waals surface area contributed by atoms with Crippen LogP contribution in [0.2, 0.25) is 0 Å². The van der Waals surface area contributed by atoms with Crippen LogP contribution in [-0.4, -0.2) is 26.6 Å². The molecule has 0 bridgehead atoms. The van der Waals surface area contributed by atoms with Crippen LogP contribution in [-0.2, 0) is 16.4 Å². The van der Waals surface area contributed by atoms with Gasteiger partial charge in [-0.05, 0) is 54.0 Å². The van der Waals surface area contributed by atoms with Crippen molar-refractivity contribution in [2.75, 3.05) is 10.6 Å². The third kappa shape index (κ3) is 4.04. The molecule has 2 atom stereocenters. The Morgan fingerprint density at radius 2 is 2.00 bits per heavy atom. The van der Waals surface area contributed by atoms with Gasteiger partial charge < -0.3 is 5.32 Å². The van der Waals surface area contributed by atoms with Crippen LogP contribution in [0.5, 0.6) is 0 Å². The van der Waals surface area contributed by atoms with Crippen LogP contribution < -0.4 is 9.62 Å². The van der Waals surface area contributed by atoms with Gasteiger partial charge in [0, 0.05) is 16.5 Å². The maximum atomic E-state index is 12.9. The summed E-state index contributed by atoms with van der Waals surface area (Å²) >= 11 is 1.63. The molecule has 0 radical (unpaired) electrons. The Bertz CT molecular complexity index is 944. The summed E-state index contributed by atoms with van der Waals surface area (Å²) in [4.78, 5) is 14.0. The Balaban J connectivity index is 1.88.